The van der Waals surface area contributed by atoms with Gasteiger partial charge in [0.1, 0.15) is 0 Å². The normalized spacial score (nSPS) is 13.9. The topological polar surface area (TPSA) is 38.7 Å². The first kappa shape index (κ1) is 9.55. The van der Waals surface area contributed by atoms with E-state index in [0.29, 0.717) is 0 Å². The number of halogens is 1. The van der Waals surface area contributed by atoms with Crippen molar-refractivity contribution in [1.29, 1.82) is 0 Å². The molecular formula is C10H9BrO3. The predicted molar refractivity (Wildman–Crippen MR) is 56.4 cm³/mol. The zero-order valence-electron chi connectivity index (χ0n) is 7.37. The van der Waals surface area contributed by atoms with E-state index in [9.17, 15) is 0 Å². The van der Waals surface area contributed by atoms with Gasteiger partial charge in [0, 0.05) is 0 Å². The molecule has 0 aliphatic carbocycles. The number of hydrogen-bond acceptors (Lipinski definition) is 3. The first-order valence-corrected chi connectivity index (χ1v) is 4.97. The SMILES string of the molecule is OCC=Cc1cc(Br)c2c(c1)OCO2. The third-order valence-electron chi connectivity index (χ3n) is 1.87. The molecule has 0 bridgehead atoms. The maximum atomic E-state index is 8.64. The lowest BCUT2D eigenvalue weighted by molar-refractivity contribution is 0.173. The van der Waals surface area contributed by atoms with Gasteiger partial charge in [0.25, 0.3) is 0 Å². The van der Waals surface area contributed by atoms with E-state index >= 15 is 0 Å². The summed E-state index contributed by atoms with van der Waals surface area (Å²) in [6.45, 7) is 0.299. The maximum Gasteiger partial charge on any atom is 0.231 e. The largest absolute Gasteiger partial charge is 0.454 e. The molecule has 0 amide bonds. The van der Waals surface area contributed by atoms with Crippen LogP contribution < -0.4 is 9.47 Å². The summed E-state index contributed by atoms with van der Waals surface area (Å²) in [6, 6.07) is 3.79. The minimum atomic E-state index is 0.0338. The lowest BCUT2D eigenvalue weighted by atomic mass is 10.2. The summed E-state index contributed by atoms with van der Waals surface area (Å²) >= 11 is 3.39. The average molecular weight is 257 g/mol. The van der Waals surface area contributed by atoms with E-state index in [0.717, 1.165) is 21.5 Å². The Hall–Kier alpha value is -1.00. The second-order valence-corrected chi connectivity index (χ2v) is 3.68. The first-order valence-electron chi connectivity index (χ1n) is 4.18. The van der Waals surface area contributed by atoms with Crippen molar-refractivity contribution in [2.45, 2.75) is 0 Å². The summed E-state index contributed by atoms with van der Waals surface area (Å²) in [6.07, 6.45) is 3.50. The van der Waals surface area contributed by atoms with Crippen molar-refractivity contribution in [2.24, 2.45) is 0 Å². The van der Waals surface area contributed by atoms with Crippen LogP contribution in [0.1, 0.15) is 5.56 Å². The van der Waals surface area contributed by atoms with Crippen molar-refractivity contribution in [1.82, 2.24) is 0 Å². The fraction of sp³-hybridized carbons (Fsp3) is 0.200. The Labute approximate surface area is 90.1 Å². The van der Waals surface area contributed by atoms with E-state index in [-0.39, 0.29) is 13.4 Å². The highest BCUT2D eigenvalue weighted by Crippen LogP contribution is 2.40. The molecule has 3 nitrogen and oxygen atoms in total. The van der Waals surface area contributed by atoms with Crippen molar-refractivity contribution in [2.75, 3.05) is 13.4 Å². The fourth-order valence-electron chi connectivity index (χ4n) is 1.27. The predicted octanol–water partition coefficient (Wildman–Crippen LogP) is 2.18. The molecule has 1 aliphatic rings. The van der Waals surface area contributed by atoms with Gasteiger partial charge in [-0.15, -0.1) is 0 Å². The number of hydrogen-bond donors (Lipinski definition) is 1. The minimum absolute atomic E-state index is 0.0338. The van der Waals surface area contributed by atoms with Crippen LogP contribution >= 0.6 is 15.9 Å². The molecule has 1 aliphatic heterocycles. The summed E-state index contributed by atoms with van der Waals surface area (Å²) in [5, 5.41) is 8.64. The molecule has 1 aromatic carbocycles. The van der Waals surface area contributed by atoms with E-state index in [1.165, 1.54) is 0 Å². The molecule has 2 rings (SSSR count). The summed E-state index contributed by atoms with van der Waals surface area (Å²) in [5.74, 6) is 1.48. The van der Waals surface area contributed by atoms with Gasteiger partial charge in [-0.05, 0) is 33.6 Å². The van der Waals surface area contributed by atoms with Gasteiger partial charge in [0.2, 0.25) is 6.79 Å². The maximum absolute atomic E-state index is 8.64. The van der Waals surface area contributed by atoms with Crippen LogP contribution in [0.15, 0.2) is 22.7 Å². The average Bonchev–Trinajstić information content (AvgIpc) is 2.63. The van der Waals surface area contributed by atoms with Gasteiger partial charge in [-0.2, -0.15) is 0 Å². The molecule has 1 aromatic rings. The highest BCUT2D eigenvalue weighted by molar-refractivity contribution is 9.10. The molecule has 1 heterocycles. The van der Waals surface area contributed by atoms with Crippen molar-refractivity contribution < 1.29 is 14.6 Å². The summed E-state index contributed by atoms with van der Waals surface area (Å²) < 4.78 is 11.4. The van der Waals surface area contributed by atoms with E-state index in [1.54, 1.807) is 6.08 Å². The molecule has 0 unspecified atom stereocenters. The molecule has 0 spiro atoms. The van der Waals surface area contributed by atoms with Crippen molar-refractivity contribution in [3.63, 3.8) is 0 Å². The van der Waals surface area contributed by atoms with Crippen LogP contribution in [-0.2, 0) is 0 Å². The minimum Gasteiger partial charge on any atom is -0.454 e. The van der Waals surface area contributed by atoms with Crippen LogP contribution in [0.2, 0.25) is 0 Å². The highest BCUT2D eigenvalue weighted by Gasteiger charge is 2.16. The van der Waals surface area contributed by atoms with Gasteiger partial charge in [0.15, 0.2) is 11.5 Å². The Morgan fingerprint density at radius 3 is 3.07 bits per heavy atom. The van der Waals surface area contributed by atoms with Crippen LogP contribution in [0.4, 0.5) is 0 Å². The number of aliphatic hydroxyl groups excluding tert-OH is 1. The molecule has 4 heteroatoms. The molecule has 0 saturated carbocycles. The number of aliphatic hydroxyl groups is 1. The molecule has 0 fully saturated rings. The van der Waals surface area contributed by atoms with Crippen molar-refractivity contribution in [3.8, 4) is 11.5 Å². The van der Waals surface area contributed by atoms with Crippen molar-refractivity contribution in [3.05, 3.63) is 28.2 Å². The summed E-state index contributed by atoms with van der Waals surface area (Å²) in [5.41, 5.74) is 0.968. The number of benzene rings is 1. The van der Waals surface area contributed by atoms with Crippen LogP contribution in [0.25, 0.3) is 6.08 Å². The van der Waals surface area contributed by atoms with Gasteiger partial charge in [-0.3, -0.25) is 0 Å². The number of ether oxygens (including phenoxy) is 2. The van der Waals surface area contributed by atoms with Gasteiger partial charge in [0.05, 0.1) is 11.1 Å². The molecule has 14 heavy (non-hydrogen) atoms. The monoisotopic (exact) mass is 256 g/mol. The van der Waals surface area contributed by atoms with Gasteiger partial charge in [-0.1, -0.05) is 12.2 Å². The summed E-state index contributed by atoms with van der Waals surface area (Å²) in [4.78, 5) is 0. The van der Waals surface area contributed by atoms with E-state index < -0.39 is 0 Å². The quantitative estimate of drug-likeness (QED) is 0.882. The summed E-state index contributed by atoms with van der Waals surface area (Å²) in [7, 11) is 0. The van der Waals surface area contributed by atoms with Gasteiger partial charge in [-0.25, -0.2) is 0 Å². The molecule has 1 N–H and O–H groups in total. The van der Waals surface area contributed by atoms with Crippen LogP contribution in [0.3, 0.4) is 0 Å². The van der Waals surface area contributed by atoms with Crippen LogP contribution in [-0.4, -0.2) is 18.5 Å². The van der Waals surface area contributed by atoms with Gasteiger partial charge >= 0.3 is 0 Å². The molecule has 0 atom stereocenters. The lowest BCUT2D eigenvalue weighted by Gasteiger charge is -2.00. The standard InChI is InChI=1S/C10H9BrO3/c11-8-4-7(2-1-3-12)5-9-10(8)14-6-13-9/h1-2,4-5,12H,3,6H2. The van der Waals surface area contributed by atoms with Crippen LogP contribution in [0, 0.1) is 0 Å². The fourth-order valence-corrected chi connectivity index (χ4v) is 1.85. The van der Waals surface area contributed by atoms with E-state index in [2.05, 4.69) is 15.9 Å². The Morgan fingerprint density at radius 2 is 2.29 bits per heavy atom. The van der Waals surface area contributed by atoms with Crippen LogP contribution in [0.5, 0.6) is 11.5 Å². The third kappa shape index (κ3) is 1.76. The zero-order valence-corrected chi connectivity index (χ0v) is 8.95. The Balaban J connectivity index is 2.37. The number of rotatable bonds is 2. The lowest BCUT2D eigenvalue weighted by Crippen LogP contribution is -1.93. The Morgan fingerprint density at radius 1 is 1.43 bits per heavy atom. The zero-order chi connectivity index (χ0) is 9.97. The van der Waals surface area contributed by atoms with E-state index in [4.69, 9.17) is 14.6 Å². The van der Waals surface area contributed by atoms with Crippen molar-refractivity contribution >= 4 is 22.0 Å². The molecule has 0 saturated heterocycles. The molecule has 74 valence electrons. The second kappa shape index (κ2) is 4.02. The molecule has 0 radical (unpaired) electrons. The number of fused-ring (bicyclic) bond motifs is 1. The van der Waals surface area contributed by atoms with Gasteiger partial charge < -0.3 is 14.6 Å². The molecular weight excluding hydrogens is 248 g/mol. The Kier molecular flexibility index (Phi) is 2.74. The smallest absolute Gasteiger partial charge is 0.231 e. The van der Waals surface area contributed by atoms with E-state index in [1.807, 2.05) is 18.2 Å². The highest BCUT2D eigenvalue weighted by atomic mass is 79.9. The Bertz CT molecular complexity index is 374. The third-order valence-corrected chi connectivity index (χ3v) is 2.45. The second-order valence-electron chi connectivity index (χ2n) is 2.82. The first-order chi connectivity index (χ1) is 6.81. The molecule has 0 aromatic heterocycles.